The van der Waals surface area contributed by atoms with E-state index in [-0.39, 0.29) is 51.0 Å². The molecule has 0 fully saturated rings. The molecule has 0 amide bonds. The second-order valence-corrected chi connectivity index (χ2v) is 8.04. The Balaban J connectivity index is 1.05. The highest BCUT2D eigenvalue weighted by Crippen LogP contribution is 2.21. The summed E-state index contributed by atoms with van der Waals surface area (Å²) in [5.41, 5.74) is 3.89. The van der Waals surface area contributed by atoms with Crippen molar-refractivity contribution in [3.63, 3.8) is 0 Å². The number of allylic oxidation sites excluding steroid dienone is 1. The van der Waals surface area contributed by atoms with Gasteiger partial charge in [-0.15, -0.1) is 0 Å². The Morgan fingerprint density at radius 1 is 0.775 bits per heavy atom. The number of nitriles is 2. The van der Waals surface area contributed by atoms with Crippen molar-refractivity contribution in [2.75, 3.05) is 39.6 Å². The predicted octanol–water partition coefficient (Wildman–Crippen LogP) is 5.33. The monoisotopic (exact) mass is 540 g/mol. The molecule has 0 atom stereocenters. The van der Waals surface area contributed by atoms with E-state index in [4.69, 9.17) is 38.1 Å². The van der Waals surface area contributed by atoms with E-state index >= 15 is 0 Å². The number of hydrogen-bond acceptors (Lipinski definition) is 10. The molecule has 0 unspecified atom stereocenters. The van der Waals surface area contributed by atoms with Crippen LogP contribution in [-0.4, -0.2) is 45.6 Å². The largest absolute Gasteiger partial charge is 0.459 e. The van der Waals surface area contributed by atoms with Crippen LogP contribution in [0, 0.1) is 22.7 Å². The highest BCUT2D eigenvalue weighted by Gasteiger charge is 2.12. The molecule has 0 aliphatic carbocycles. The molecule has 202 valence electrons. The number of carbonyl (C=O) groups excluding carboxylic acids is 1. The molecule has 0 radical (unpaired) electrons. The van der Waals surface area contributed by atoms with Gasteiger partial charge in [-0.3, -0.25) is 0 Å². The Kier molecular flexibility index (Phi) is 10.3. The Bertz CT molecular complexity index is 1560. The lowest BCUT2D eigenvalue weighted by molar-refractivity contribution is -0.263. The SMILES string of the molecule is N#CC(=C=Cc1cc2ccccc2o1)OOCCOCCOCCOC(=O)/C(C#N)=C/c1cc2ccccc2o1. The van der Waals surface area contributed by atoms with Crippen molar-refractivity contribution in [3.8, 4) is 12.1 Å². The topological polar surface area (TPSA) is 137 Å². The van der Waals surface area contributed by atoms with Gasteiger partial charge in [-0.1, -0.05) is 42.1 Å². The minimum absolute atomic E-state index is 0.0280. The quantitative estimate of drug-likeness (QED) is 0.0301. The lowest BCUT2D eigenvalue weighted by Crippen LogP contribution is -2.14. The molecule has 10 nitrogen and oxygen atoms in total. The van der Waals surface area contributed by atoms with Gasteiger partial charge in [0, 0.05) is 22.9 Å². The maximum atomic E-state index is 12.2. The fraction of sp³-hybridized carbons (Fsp3) is 0.200. The van der Waals surface area contributed by atoms with Crippen LogP contribution >= 0.6 is 0 Å². The summed E-state index contributed by atoms with van der Waals surface area (Å²) in [5.74, 6) is -0.0137. The molecule has 40 heavy (non-hydrogen) atoms. The Hall–Kier alpha value is -5.09. The number of nitrogens with zero attached hydrogens (tertiary/aromatic N) is 2. The number of ether oxygens (including phenoxy) is 3. The van der Waals surface area contributed by atoms with E-state index in [1.54, 1.807) is 12.1 Å². The van der Waals surface area contributed by atoms with E-state index in [2.05, 4.69) is 5.73 Å². The van der Waals surface area contributed by atoms with Gasteiger partial charge in [0.1, 0.15) is 47.5 Å². The first-order valence-electron chi connectivity index (χ1n) is 12.2. The Labute approximate surface area is 229 Å². The standard InChI is InChI=1S/C30H24N2O8/c31-20-24(19-27-18-23-6-2-4-8-29(23)39-27)30(33)36-15-13-34-11-12-35-14-16-37-40-26(21-32)10-9-25-17-22-5-1-3-7-28(22)38-25/h1-9,17-19H,11-16H2/b24-19+. The van der Waals surface area contributed by atoms with Crippen LogP contribution in [0.2, 0.25) is 0 Å². The first-order valence-corrected chi connectivity index (χ1v) is 12.2. The summed E-state index contributed by atoms with van der Waals surface area (Å²) < 4.78 is 27.0. The molecular formula is C30H24N2O8. The minimum Gasteiger partial charge on any atom is -0.459 e. The lowest BCUT2D eigenvalue weighted by atomic mass is 10.2. The molecule has 4 rings (SSSR count). The summed E-state index contributed by atoms with van der Waals surface area (Å²) in [4.78, 5) is 22.0. The molecule has 4 aromatic rings. The van der Waals surface area contributed by atoms with Crippen molar-refractivity contribution >= 4 is 40.1 Å². The molecule has 0 saturated carbocycles. The average molecular weight is 541 g/mol. The fourth-order valence-corrected chi connectivity index (χ4v) is 3.42. The van der Waals surface area contributed by atoms with Gasteiger partial charge in [0.2, 0.25) is 0 Å². The third-order valence-electron chi connectivity index (χ3n) is 5.25. The van der Waals surface area contributed by atoms with E-state index in [0.717, 1.165) is 16.4 Å². The second kappa shape index (κ2) is 14.7. The van der Waals surface area contributed by atoms with Crippen LogP contribution in [0.25, 0.3) is 34.1 Å². The maximum absolute atomic E-state index is 12.2. The Morgan fingerprint density at radius 2 is 1.38 bits per heavy atom. The molecule has 2 heterocycles. The molecule has 0 saturated heterocycles. The highest BCUT2D eigenvalue weighted by molar-refractivity contribution is 5.98. The van der Waals surface area contributed by atoms with E-state index < -0.39 is 5.97 Å². The molecule has 0 aliphatic heterocycles. The molecule has 0 N–H and O–H groups in total. The predicted molar refractivity (Wildman–Crippen MR) is 143 cm³/mol. The lowest BCUT2D eigenvalue weighted by Gasteiger charge is -2.07. The fourth-order valence-electron chi connectivity index (χ4n) is 3.42. The number of rotatable bonds is 14. The highest BCUT2D eigenvalue weighted by atomic mass is 17.2. The van der Waals surface area contributed by atoms with Crippen molar-refractivity contribution in [3.05, 3.63) is 89.2 Å². The van der Waals surface area contributed by atoms with Crippen LogP contribution in [0.4, 0.5) is 0 Å². The van der Waals surface area contributed by atoms with Crippen molar-refractivity contribution in [1.29, 1.82) is 10.5 Å². The first kappa shape index (κ1) is 27.9. The van der Waals surface area contributed by atoms with Crippen LogP contribution < -0.4 is 0 Å². The van der Waals surface area contributed by atoms with Gasteiger partial charge in [0.25, 0.3) is 5.76 Å². The Morgan fingerprint density at radius 3 is 2.02 bits per heavy atom. The molecule has 0 spiro atoms. The third kappa shape index (κ3) is 8.20. The van der Waals surface area contributed by atoms with Gasteiger partial charge in [-0.05, 0) is 24.3 Å². The summed E-state index contributed by atoms with van der Waals surface area (Å²) in [7, 11) is 0. The van der Waals surface area contributed by atoms with Crippen LogP contribution in [0.3, 0.4) is 0 Å². The molecule has 10 heteroatoms. The number of benzene rings is 2. The zero-order chi connectivity index (χ0) is 28.0. The zero-order valence-corrected chi connectivity index (χ0v) is 21.3. The molecule has 2 aromatic heterocycles. The van der Waals surface area contributed by atoms with Crippen LogP contribution in [0.15, 0.2) is 86.6 Å². The smallest absolute Gasteiger partial charge is 0.349 e. The van der Waals surface area contributed by atoms with Crippen molar-refractivity contribution in [1.82, 2.24) is 0 Å². The van der Waals surface area contributed by atoms with Crippen molar-refractivity contribution in [2.24, 2.45) is 0 Å². The minimum atomic E-state index is -0.766. The number of esters is 1. The normalized spacial score (nSPS) is 11.0. The van der Waals surface area contributed by atoms with Crippen molar-refractivity contribution in [2.45, 2.75) is 0 Å². The molecule has 0 bridgehead atoms. The van der Waals surface area contributed by atoms with Crippen LogP contribution in [-0.2, 0) is 28.8 Å². The number of fused-ring (bicyclic) bond motifs is 2. The van der Waals surface area contributed by atoms with Crippen LogP contribution in [0.1, 0.15) is 11.5 Å². The van der Waals surface area contributed by atoms with Gasteiger partial charge in [-0.25, -0.2) is 4.79 Å². The van der Waals surface area contributed by atoms with Gasteiger partial charge in [-0.2, -0.15) is 15.4 Å². The van der Waals surface area contributed by atoms with Gasteiger partial charge in [0.05, 0.1) is 26.4 Å². The van der Waals surface area contributed by atoms with Gasteiger partial charge in [0.15, 0.2) is 6.07 Å². The summed E-state index contributed by atoms with van der Waals surface area (Å²) in [5, 5.41) is 20.2. The average Bonchev–Trinajstić information content (AvgIpc) is 3.59. The van der Waals surface area contributed by atoms with Gasteiger partial charge < -0.3 is 27.9 Å². The summed E-state index contributed by atoms with van der Waals surface area (Å²) in [6, 6.07) is 22.1. The number of hydrogen-bond donors (Lipinski definition) is 0. The van der Waals surface area contributed by atoms with Gasteiger partial charge >= 0.3 is 5.97 Å². The van der Waals surface area contributed by atoms with E-state index in [1.807, 2.05) is 60.7 Å². The molecule has 2 aromatic carbocycles. The number of para-hydroxylation sites is 2. The third-order valence-corrected chi connectivity index (χ3v) is 5.25. The molecule has 0 aliphatic rings. The van der Waals surface area contributed by atoms with Crippen molar-refractivity contribution < 1.29 is 37.6 Å². The summed E-state index contributed by atoms with van der Waals surface area (Å²) >= 11 is 0. The number of carbonyl (C=O) groups is 1. The van der Waals surface area contributed by atoms with E-state index in [0.29, 0.717) is 17.1 Å². The molecular weight excluding hydrogens is 516 g/mol. The first-order chi connectivity index (χ1) is 19.7. The van der Waals surface area contributed by atoms with E-state index in [9.17, 15) is 10.1 Å². The summed E-state index contributed by atoms with van der Waals surface area (Å²) in [6.45, 7) is 0.888. The summed E-state index contributed by atoms with van der Waals surface area (Å²) in [6.07, 6.45) is 2.83. The maximum Gasteiger partial charge on any atom is 0.349 e. The second-order valence-electron chi connectivity index (χ2n) is 8.04. The zero-order valence-electron chi connectivity index (χ0n) is 21.3. The van der Waals surface area contributed by atoms with Crippen LogP contribution in [0.5, 0.6) is 0 Å². The van der Waals surface area contributed by atoms with E-state index in [1.165, 1.54) is 12.2 Å². The number of furan rings is 2.